The summed E-state index contributed by atoms with van der Waals surface area (Å²) in [5.41, 5.74) is 12.2. The Morgan fingerprint density at radius 1 is 1.02 bits per heavy atom. The van der Waals surface area contributed by atoms with Gasteiger partial charge in [-0.25, -0.2) is 8.42 Å². The minimum atomic E-state index is -4.22. The van der Waals surface area contributed by atoms with Crippen LogP contribution in [0, 0.1) is 0 Å². The lowest BCUT2D eigenvalue weighted by atomic mass is 9.78. The van der Waals surface area contributed by atoms with Crippen molar-refractivity contribution < 1.29 is 37.5 Å². The molecule has 3 rings (SSSR count). The quantitative estimate of drug-likeness (QED) is 0.0821. The lowest BCUT2D eigenvalue weighted by Crippen LogP contribution is -2.55. The second-order valence-corrected chi connectivity index (χ2v) is 14.2. The van der Waals surface area contributed by atoms with Crippen molar-refractivity contribution in [3.8, 4) is 0 Å². The van der Waals surface area contributed by atoms with Crippen molar-refractivity contribution in [2.24, 2.45) is 16.5 Å². The molecule has 1 aliphatic rings. The molecule has 2 aromatic carbocycles. The van der Waals surface area contributed by atoms with Crippen LogP contribution in [0.15, 0.2) is 64.5 Å². The number of nitrogens with zero attached hydrogens (tertiary/aromatic N) is 3. The third-order valence-corrected chi connectivity index (χ3v) is 9.21. The van der Waals surface area contributed by atoms with Crippen molar-refractivity contribution >= 4 is 35.5 Å². The number of guanidine groups is 1. The van der Waals surface area contributed by atoms with E-state index in [0.29, 0.717) is 6.42 Å². The van der Waals surface area contributed by atoms with Crippen LogP contribution in [0.2, 0.25) is 0 Å². The molecule has 14 nitrogen and oxygen atoms in total. The van der Waals surface area contributed by atoms with Crippen molar-refractivity contribution in [2.45, 2.75) is 50.0 Å². The Balaban J connectivity index is 0.00000159. The zero-order chi connectivity index (χ0) is 33.1. The van der Waals surface area contributed by atoms with Crippen LogP contribution in [0.5, 0.6) is 0 Å². The van der Waals surface area contributed by atoms with E-state index in [1.54, 1.807) is 17.0 Å². The fraction of sp³-hybridized carbons (Fsp3) is 0.464. The van der Waals surface area contributed by atoms with E-state index in [9.17, 15) is 27.6 Å². The Bertz CT molecular complexity index is 1430. The number of sulfonamides is 1. The maximum atomic E-state index is 13.6. The number of nitrogens with two attached hydrogens (primary N) is 2. The first kappa shape index (κ1) is 36.9. The first-order valence-electron chi connectivity index (χ1n) is 13.9. The summed E-state index contributed by atoms with van der Waals surface area (Å²) in [7, 11) is -8.32. The topological polar surface area (TPSA) is 229 Å². The number of carboxylic acids is 1. The van der Waals surface area contributed by atoms with Gasteiger partial charge >= 0.3 is 7.60 Å². The molecule has 0 aromatic heterocycles. The summed E-state index contributed by atoms with van der Waals surface area (Å²) in [6.07, 6.45) is 0.127. The van der Waals surface area contributed by atoms with E-state index in [-0.39, 0.29) is 56.3 Å². The van der Waals surface area contributed by atoms with Gasteiger partial charge in [0.1, 0.15) is 12.3 Å². The molecule has 0 aliphatic carbocycles. The van der Waals surface area contributed by atoms with Crippen molar-refractivity contribution in [1.29, 1.82) is 0 Å². The molecule has 1 heterocycles. The summed E-state index contributed by atoms with van der Waals surface area (Å²) in [5, 5.41) is 7.42. The summed E-state index contributed by atoms with van der Waals surface area (Å²) in [6.45, 7) is 6.30. The predicted octanol–water partition coefficient (Wildman–Crippen LogP) is 1.08. The number of amides is 1. The number of carbonyl (C=O) groups is 2. The number of carboxylic acid groups (broad SMARTS) is 1. The molecule has 1 atom stereocenters. The van der Waals surface area contributed by atoms with Gasteiger partial charge in [0, 0.05) is 45.1 Å². The smallest absolute Gasteiger partial charge is 0.339 e. The monoisotopic (exact) mass is 654 g/mol. The summed E-state index contributed by atoms with van der Waals surface area (Å²) >= 11 is 0. The molecule has 16 heteroatoms. The zero-order valence-corrected chi connectivity index (χ0v) is 26.9. The Labute approximate surface area is 258 Å². The average molecular weight is 655 g/mol. The van der Waals surface area contributed by atoms with Crippen LogP contribution in [0.3, 0.4) is 0 Å². The highest BCUT2D eigenvalue weighted by Gasteiger charge is 2.33. The molecular formula is C28H43N6O8PS. The number of rotatable bonds is 12. The van der Waals surface area contributed by atoms with E-state index < -0.39 is 41.0 Å². The van der Waals surface area contributed by atoms with Crippen molar-refractivity contribution in [3.05, 3.63) is 65.7 Å². The Hall–Kier alpha value is -3.33. The number of aliphatic imine (C=N–C) groups is 1. The highest BCUT2D eigenvalue weighted by atomic mass is 32.2. The minimum absolute atomic E-state index is 0.0440. The molecule has 1 unspecified atom stereocenters. The molecule has 8 N–H and O–H groups in total. The molecule has 1 aliphatic heterocycles. The van der Waals surface area contributed by atoms with Crippen LogP contribution < -0.4 is 16.2 Å². The molecule has 2 aromatic rings. The number of nitrogens with one attached hydrogen (secondary N) is 1. The summed E-state index contributed by atoms with van der Waals surface area (Å²) < 4.78 is 41.0. The van der Waals surface area contributed by atoms with E-state index in [1.807, 2.05) is 50.2 Å². The van der Waals surface area contributed by atoms with Gasteiger partial charge in [-0.1, -0.05) is 56.3 Å². The van der Waals surface area contributed by atoms with Gasteiger partial charge in [-0.05, 0) is 36.1 Å². The van der Waals surface area contributed by atoms with E-state index in [0.717, 1.165) is 18.1 Å². The van der Waals surface area contributed by atoms with Crippen molar-refractivity contribution in [1.82, 2.24) is 14.5 Å². The van der Waals surface area contributed by atoms with Crippen LogP contribution >= 0.6 is 7.60 Å². The van der Waals surface area contributed by atoms with Gasteiger partial charge in [0.2, 0.25) is 15.9 Å². The Kier molecular flexibility index (Phi) is 13.5. The molecule has 0 spiro atoms. The van der Waals surface area contributed by atoms with Gasteiger partial charge in [-0.3, -0.25) is 24.0 Å². The highest BCUT2D eigenvalue weighted by Crippen LogP contribution is 2.35. The summed E-state index contributed by atoms with van der Waals surface area (Å²) in [5.74, 6) is -1.34. The SMILES string of the molecule is CC(=O)O.CC(C)(c1ccccc1)c1cccc(S(=O)(=O)NC(CCCN=C(N)N)C(=O)N2CCN(CP(=O)(O)O)CC2)c1. The third-order valence-electron chi connectivity index (χ3n) is 6.97. The maximum Gasteiger partial charge on any atom is 0.339 e. The number of benzene rings is 2. The number of piperazine rings is 1. The Morgan fingerprint density at radius 2 is 1.59 bits per heavy atom. The molecule has 1 fully saturated rings. The molecule has 244 valence electrons. The predicted molar refractivity (Wildman–Crippen MR) is 167 cm³/mol. The molecule has 1 saturated heterocycles. The van der Waals surface area contributed by atoms with Crippen LogP contribution in [0.25, 0.3) is 0 Å². The van der Waals surface area contributed by atoms with E-state index in [1.165, 1.54) is 11.0 Å². The van der Waals surface area contributed by atoms with Crippen LogP contribution in [-0.4, -0.2) is 96.0 Å². The number of carbonyl (C=O) groups excluding carboxylic acids is 1. The number of hydrogen-bond acceptors (Lipinski definition) is 7. The minimum Gasteiger partial charge on any atom is -0.481 e. The molecule has 0 radical (unpaired) electrons. The fourth-order valence-corrected chi connectivity index (χ4v) is 6.73. The van der Waals surface area contributed by atoms with Gasteiger partial charge in [0.15, 0.2) is 5.96 Å². The lowest BCUT2D eigenvalue weighted by Gasteiger charge is -2.36. The summed E-state index contributed by atoms with van der Waals surface area (Å²) in [4.78, 5) is 48.0. The molecule has 0 bridgehead atoms. The molecule has 44 heavy (non-hydrogen) atoms. The van der Waals surface area contributed by atoms with E-state index in [4.69, 9.17) is 21.4 Å². The first-order chi connectivity index (χ1) is 20.4. The van der Waals surface area contributed by atoms with Crippen LogP contribution in [0.1, 0.15) is 44.7 Å². The van der Waals surface area contributed by atoms with Gasteiger partial charge in [-0.15, -0.1) is 0 Å². The number of hydrogen-bond donors (Lipinski definition) is 6. The van der Waals surface area contributed by atoms with Gasteiger partial charge in [-0.2, -0.15) is 4.72 Å². The van der Waals surface area contributed by atoms with Gasteiger partial charge in [0.25, 0.3) is 5.97 Å². The first-order valence-corrected chi connectivity index (χ1v) is 17.2. The van der Waals surface area contributed by atoms with Gasteiger partial charge < -0.3 is 31.3 Å². The second-order valence-electron chi connectivity index (χ2n) is 10.9. The second kappa shape index (κ2) is 16.1. The third kappa shape index (κ3) is 12.0. The largest absolute Gasteiger partial charge is 0.481 e. The molecule has 0 saturated carbocycles. The average Bonchev–Trinajstić information content (AvgIpc) is 2.94. The maximum absolute atomic E-state index is 13.6. The molecule has 1 amide bonds. The lowest BCUT2D eigenvalue weighted by molar-refractivity contribution is -0.135. The van der Waals surface area contributed by atoms with E-state index in [2.05, 4.69) is 9.71 Å². The standard InChI is InChI=1S/C26H39N6O6PS.C2H4O2/c1-26(2,20-8-4-3-5-9-20)21-10-6-11-22(18-21)40(37,38)30-23(12-7-13-29-25(27)28)24(33)32-16-14-31(15-17-32)19-39(34,35)36;1-2(3)4/h3-6,8-11,18,23,30H,7,12-17,19H2,1-2H3,(H4,27,28,29)(H2,34,35,36);1H3,(H,3,4). The highest BCUT2D eigenvalue weighted by molar-refractivity contribution is 7.89. The number of aliphatic carboxylic acids is 1. The van der Waals surface area contributed by atoms with Gasteiger partial charge in [0.05, 0.1) is 4.90 Å². The van der Waals surface area contributed by atoms with Crippen molar-refractivity contribution in [2.75, 3.05) is 39.0 Å². The fourth-order valence-electron chi connectivity index (χ4n) is 4.66. The Morgan fingerprint density at radius 3 is 2.14 bits per heavy atom. The normalized spacial score (nSPS) is 15.1. The van der Waals surface area contributed by atoms with Crippen LogP contribution in [-0.2, 0) is 29.6 Å². The summed E-state index contributed by atoms with van der Waals surface area (Å²) in [6, 6.07) is 15.4. The van der Waals surface area contributed by atoms with Crippen LogP contribution in [0.4, 0.5) is 0 Å². The zero-order valence-electron chi connectivity index (χ0n) is 25.2. The van der Waals surface area contributed by atoms with E-state index >= 15 is 0 Å². The molecular weight excluding hydrogens is 611 g/mol. The van der Waals surface area contributed by atoms with Crippen molar-refractivity contribution in [3.63, 3.8) is 0 Å².